The van der Waals surface area contributed by atoms with Crippen LogP contribution in [0, 0.1) is 0 Å². The van der Waals surface area contributed by atoms with Gasteiger partial charge in [0, 0.05) is 0 Å². The minimum atomic E-state index is -3.47. The highest BCUT2D eigenvalue weighted by atomic mass is 32.2. The van der Waals surface area contributed by atoms with Crippen LogP contribution < -0.4 is 0 Å². The van der Waals surface area contributed by atoms with Crippen LogP contribution in [0.3, 0.4) is 0 Å². The van der Waals surface area contributed by atoms with Gasteiger partial charge in [-0.1, -0.05) is 26.2 Å². The molecule has 0 aromatic rings. The summed E-state index contributed by atoms with van der Waals surface area (Å²) >= 11 is 0. The van der Waals surface area contributed by atoms with Crippen LogP contribution in [0.5, 0.6) is 0 Å². The van der Waals surface area contributed by atoms with Crippen molar-refractivity contribution in [1.29, 1.82) is 0 Å². The van der Waals surface area contributed by atoms with Crippen molar-refractivity contribution in [3.63, 3.8) is 0 Å². The fraction of sp³-hybridized carbons (Fsp3) is 1.00. The smallest absolute Gasteiger partial charge is 0.269 e. The summed E-state index contributed by atoms with van der Waals surface area (Å²) in [7, 11) is -3.47. The second-order valence-corrected chi connectivity index (χ2v) is 4.63. The molecule has 0 rings (SSSR count). The Kier molecular flexibility index (Phi) is 7.22. The van der Waals surface area contributed by atoms with Crippen molar-refractivity contribution in [2.45, 2.75) is 32.6 Å². The van der Waals surface area contributed by atoms with E-state index in [2.05, 4.69) is 11.1 Å². The molecule has 0 heterocycles. The van der Waals surface area contributed by atoms with E-state index >= 15 is 0 Å². The molecule has 1 N–H and O–H groups in total. The first kappa shape index (κ1) is 12.9. The lowest BCUT2D eigenvalue weighted by Crippen LogP contribution is -2.14. The minimum absolute atomic E-state index is 0.238. The van der Waals surface area contributed by atoms with Gasteiger partial charge in [-0.05, 0) is 6.42 Å². The van der Waals surface area contributed by atoms with Gasteiger partial charge in [-0.15, -0.1) is 0 Å². The van der Waals surface area contributed by atoms with Gasteiger partial charge in [-0.25, -0.2) is 0 Å². The van der Waals surface area contributed by atoms with Gasteiger partial charge in [-0.3, -0.25) is 4.18 Å². The molecule has 0 aliphatic carbocycles. The molecule has 0 radical (unpaired) electrons. The molecule has 0 aromatic carbocycles. The number of aliphatic hydroxyl groups excluding tert-OH is 1. The molecule has 0 fully saturated rings. The first-order valence-electron chi connectivity index (χ1n) is 4.60. The summed E-state index contributed by atoms with van der Waals surface area (Å²) in [6.07, 6.45) is 3.97. The van der Waals surface area contributed by atoms with Crippen molar-refractivity contribution in [1.82, 2.24) is 0 Å². The van der Waals surface area contributed by atoms with E-state index in [9.17, 15) is 8.42 Å². The molecule has 0 amide bonds. The maximum atomic E-state index is 10.9. The summed E-state index contributed by atoms with van der Waals surface area (Å²) in [6, 6.07) is 0. The Balaban J connectivity index is 3.41. The summed E-state index contributed by atoms with van der Waals surface area (Å²) in [5.74, 6) is -0.305. The SMILES string of the molecule is CCCCCCOS(=O)(=O)CCO. The summed E-state index contributed by atoms with van der Waals surface area (Å²) < 4.78 is 26.4. The molecule has 0 spiro atoms. The molecule has 80 valence electrons. The van der Waals surface area contributed by atoms with Crippen molar-refractivity contribution in [2.75, 3.05) is 19.0 Å². The van der Waals surface area contributed by atoms with Gasteiger partial charge in [0.25, 0.3) is 10.1 Å². The monoisotopic (exact) mass is 210 g/mol. The third kappa shape index (κ3) is 8.21. The zero-order valence-electron chi connectivity index (χ0n) is 8.03. The van der Waals surface area contributed by atoms with Gasteiger partial charge < -0.3 is 5.11 Å². The number of hydrogen-bond acceptors (Lipinski definition) is 4. The molecular weight excluding hydrogens is 192 g/mol. The van der Waals surface area contributed by atoms with Gasteiger partial charge >= 0.3 is 0 Å². The lowest BCUT2D eigenvalue weighted by molar-refractivity contribution is 0.286. The topological polar surface area (TPSA) is 63.6 Å². The van der Waals surface area contributed by atoms with Crippen LogP contribution in [0.25, 0.3) is 0 Å². The molecule has 0 unspecified atom stereocenters. The molecule has 13 heavy (non-hydrogen) atoms. The van der Waals surface area contributed by atoms with Gasteiger partial charge in [0.2, 0.25) is 0 Å². The molecule has 4 nitrogen and oxygen atoms in total. The Morgan fingerprint density at radius 1 is 1.23 bits per heavy atom. The lowest BCUT2D eigenvalue weighted by atomic mass is 10.2. The van der Waals surface area contributed by atoms with Crippen molar-refractivity contribution < 1.29 is 17.7 Å². The third-order valence-corrected chi connectivity index (χ3v) is 2.81. The molecule has 0 atom stereocenters. The maximum Gasteiger partial charge on any atom is 0.269 e. The van der Waals surface area contributed by atoms with E-state index in [1.807, 2.05) is 0 Å². The van der Waals surface area contributed by atoms with Crippen LogP contribution in [0.15, 0.2) is 0 Å². The van der Waals surface area contributed by atoms with Gasteiger partial charge in [0.05, 0.1) is 19.0 Å². The van der Waals surface area contributed by atoms with Crippen molar-refractivity contribution in [3.8, 4) is 0 Å². The summed E-state index contributed by atoms with van der Waals surface area (Å²) in [4.78, 5) is 0. The second kappa shape index (κ2) is 7.29. The van der Waals surface area contributed by atoms with E-state index < -0.39 is 10.1 Å². The number of hydrogen-bond donors (Lipinski definition) is 1. The fourth-order valence-electron chi connectivity index (χ4n) is 0.885. The van der Waals surface area contributed by atoms with Gasteiger partial charge in [0.1, 0.15) is 0 Å². The number of rotatable bonds is 8. The standard InChI is InChI=1S/C8H18O4S/c1-2-3-4-5-7-12-13(10,11)8-6-9/h9H,2-8H2,1H3. The van der Waals surface area contributed by atoms with E-state index in [4.69, 9.17) is 5.11 Å². The van der Waals surface area contributed by atoms with Crippen LogP contribution in [-0.4, -0.2) is 32.5 Å². The van der Waals surface area contributed by atoms with Gasteiger partial charge in [0.15, 0.2) is 0 Å². The van der Waals surface area contributed by atoms with Crippen LogP contribution in [0.2, 0.25) is 0 Å². The van der Waals surface area contributed by atoms with E-state index in [1.54, 1.807) is 0 Å². The Morgan fingerprint density at radius 3 is 2.46 bits per heavy atom. The van der Waals surface area contributed by atoms with Crippen LogP contribution >= 0.6 is 0 Å². The first-order valence-corrected chi connectivity index (χ1v) is 6.18. The molecule has 0 saturated heterocycles. The van der Waals surface area contributed by atoms with E-state index in [1.165, 1.54) is 0 Å². The predicted molar refractivity (Wildman–Crippen MR) is 51.0 cm³/mol. The van der Waals surface area contributed by atoms with Crippen molar-refractivity contribution in [3.05, 3.63) is 0 Å². The fourth-order valence-corrected chi connectivity index (χ4v) is 1.60. The molecule has 0 aromatic heterocycles. The van der Waals surface area contributed by atoms with Crippen molar-refractivity contribution in [2.24, 2.45) is 0 Å². The zero-order chi connectivity index (χ0) is 10.2. The maximum absolute atomic E-state index is 10.9. The highest BCUT2D eigenvalue weighted by Crippen LogP contribution is 2.01. The molecule has 0 bridgehead atoms. The predicted octanol–water partition coefficient (Wildman–Crippen LogP) is 0.905. The third-order valence-electron chi connectivity index (χ3n) is 1.60. The largest absolute Gasteiger partial charge is 0.395 e. The Labute approximate surface area is 80.0 Å². The number of unbranched alkanes of at least 4 members (excludes halogenated alkanes) is 3. The molecular formula is C8H18O4S. The first-order chi connectivity index (χ1) is 6.12. The lowest BCUT2D eigenvalue weighted by Gasteiger charge is -2.03. The average Bonchev–Trinajstić information content (AvgIpc) is 2.04. The number of aliphatic hydroxyl groups is 1. The van der Waals surface area contributed by atoms with Crippen LogP contribution in [0.1, 0.15) is 32.6 Å². The minimum Gasteiger partial charge on any atom is -0.395 e. The molecule has 5 heteroatoms. The summed E-state index contributed by atoms with van der Waals surface area (Å²) in [6.45, 7) is 1.95. The normalized spacial score (nSPS) is 11.8. The summed E-state index contributed by atoms with van der Waals surface area (Å²) in [5, 5.41) is 8.38. The van der Waals surface area contributed by atoms with Crippen LogP contribution in [-0.2, 0) is 14.3 Å². The Hall–Kier alpha value is -0.130. The zero-order valence-corrected chi connectivity index (χ0v) is 8.85. The average molecular weight is 210 g/mol. The Bertz CT molecular complexity index is 198. The van der Waals surface area contributed by atoms with Crippen molar-refractivity contribution >= 4 is 10.1 Å². The summed E-state index contributed by atoms with van der Waals surface area (Å²) in [5.41, 5.74) is 0. The quantitative estimate of drug-likeness (QED) is 0.477. The highest BCUT2D eigenvalue weighted by Gasteiger charge is 2.08. The highest BCUT2D eigenvalue weighted by molar-refractivity contribution is 7.86. The molecule has 0 saturated carbocycles. The van der Waals surface area contributed by atoms with E-state index in [0.29, 0.717) is 0 Å². The molecule has 0 aliphatic rings. The van der Waals surface area contributed by atoms with Gasteiger partial charge in [-0.2, -0.15) is 8.42 Å². The molecule has 0 aliphatic heterocycles. The van der Waals surface area contributed by atoms with E-state index in [-0.39, 0.29) is 19.0 Å². The second-order valence-electron chi connectivity index (χ2n) is 2.87. The Morgan fingerprint density at radius 2 is 1.92 bits per heavy atom. The van der Waals surface area contributed by atoms with Crippen LogP contribution in [0.4, 0.5) is 0 Å². The van der Waals surface area contributed by atoms with E-state index in [0.717, 1.165) is 25.7 Å².